The Balaban J connectivity index is 1.48. The van der Waals surface area contributed by atoms with Gasteiger partial charge in [-0.2, -0.15) is 18.3 Å². The number of piperidine rings is 1. The van der Waals surface area contributed by atoms with Gasteiger partial charge in [0.1, 0.15) is 16.5 Å². The number of thiazole rings is 1. The molecule has 188 valence electrons. The van der Waals surface area contributed by atoms with Crippen LogP contribution in [0.1, 0.15) is 42.5 Å². The molecule has 3 atom stereocenters. The Morgan fingerprint density at radius 2 is 2.06 bits per heavy atom. The molecule has 14 heteroatoms. The number of sulfonamides is 1. The van der Waals surface area contributed by atoms with E-state index in [4.69, 9.17) is 4.74 Å². The van der Waals surface area contributed by atoms with E-state index >= 15 is 4.39 Å². The summed E-state index contributed by atoms with van der Waals surface area (Å²) in [5, 5.41) is 8.22. The molecule has 0 amide bonds. The van der Waals surface area contributed by atoms with Crippen molar-refractivity contribution in [1.82, 2.24) is 20.1 Å². The molecule has 2 aliphatic rings. The first-order chi connectivity index (χ1) is 16.6. The summed E-state index contributed by atoms with van der Waals surface area (Å²) in [6.45, 7) is 0.345. The Morgan fingerprint density at radius 3 is 2.74 bits per heavy atom. The topological polar surface area (TPSA) is 100 Å². The van der Waals surface area contributed by atoms with Gasteiger partial charge < -0.3 is 4.74 Å². The van der Waals surface area contributed by atoms with Crippen LogP contribution in [0, 0.1) is 11.7 Å². The highest BCUT2D eigenvalue weighted by atomic mass is 32.2. The van der Waals surface area contributed by atoms with E-state index in [1.54, 1.807) is 11.6 Å². The number of rotatable bonds is 5. The highest BCUT2D eigenvalue weighted by Gasteiger charge is 2.47. The van der Waals surface area contributed by atoms with Gasteiger partial charge in [-0.05, 0) is 25.5 Å². The monoisotopic (exact) mass is 531 g/mol. The van der Waals surface area contributed by atoms with Crippen molar-refractivity contribution in [3.05, 3.63) is 53.0 Å². The summed E-state index contributed by atoms with van der Waals surface area (Å²) >= 11 is 1.05. The molecule has 8 nitrogen and oxygen atoms in total. The van der Waals surface area contributed by atoms with E-state index in [0.717, 1.165) is 23.5 Å². The largest absolute Gasteiger partial charge is 0.493 e. The number of ether oxygens (including phenoxy) is 1. The Hall–Kier alpha value is -2.71. The second-order valence-electron chi connectivity index (χ2n) is 8.46. The number of aromatic nitrogens is 3. The first kappa shape index (κ1) is 24.0. The molecule has 1 aromatic carbocycles. The van der Waals surface area contributed by atoms with Crippen molar-refractivity contribution in [1.29, 1.82) is 0 Å². The van der Waals surface area contributed by atoms with E-state index < -0.39 is 44.9 Å². The number of benzene rings is 1. The molecule has 1 fully saturated rings. The number of aromatic amines is 1. The Bertz CT molecular complexity index is 1280. The summed E-state index contributed by atoms with van der Waals surface area (Å²) in [5.41, 5.74) is 1.01. The van der Waals surface area contributed by atoms with Gasteiger partial charge in [-0.1, -0.05) is 0 Å². The van der Waals surface area contributed by atoms with E-state index in [1.807, 2.05) is 4.90 Å². The third-order valence-corrected chi connectivity index (χ3v) is 8.60. The lowest BCUT2D eigenvalue weighted by Gasteiger charge is -2.45. The molecule has 0 aliphatic carbocycles. The minimum atomic E-state index is -4.32. The Kier molecular flexibility index (Phi) is 6.21. The van der Waals surface area contributed by atoms with Gasteiger partial charge in [0.2, 0.25) is 0 Å². The highest BCUT2D eigenvalue weighted by Crippen LogP contribution is 2.48. The van der Waals surface area contributed by atoms with Crippen LogP contribution in [-0.2, 0) is 10.0 Å². The molecule has 2 aromatic heterocycles. The molecule has 35 heavy (non-hydrogen) atoms. The molecule has 0 unspecified atom stereocenters. The molecule has 0 bridgehead atoms. The highest BCUT2D eigenvalue weighted by molar-refractivity contribution is 7.93. The third kappa shape index (κ3) is 4.74. The zero-order chi connectivity index (χ0) is 24.8. The zero-order valence-electron chi connectivity index (χ0n) is 18.1. The quantitative estimate of drug-likeness (QED) is 0.465. The average Bonchev–Trinajstić information content (AvgIpc) is 3.51. The molecular weight excluding hydrogens is 510 g/mol. The van der Waals surface area contributed by atoms with E-state index in [9.17, 15) is 21.6 Å². The van der Waals surface area contributed by atoms with Crippen molar-refractivity contribution in [3.8, 4) is 5.75 Å². The smallest absolute Gasteiger partial charge is 0.391 e. The normalized spacial score (nSPS) is 23.5. The summed E-state index contributed by atoms with van der Waals surface area (Å²) in [7, 11) is -4.27. The molecule has 0 saturated carbocycles. The van der Waals surface area contributed by atoms with E-state index in [2.05, 4.69) is 19.9 Å². The fourth-order valence-electron chi connectivity index (χ4n) is 4.79. The van der Waals surface area contributed by atoms with Crippen molar-refractivity contribution < 1.29 is 30.7 Å². The van der Waals surface area contributed by atoms with Crippen LogP contribution in [0.15, 0.2) is 41.0 Å². The second-order valence-corrected chi connectivity index (χ2v) is 11.0. The molecule has 3 aromatic rings. The summed E-state index contributed by atoms with van der Waals surface area (Å²) in [5.74, 6) is -2.25. The number of hydrogen-bond donors (Lipinski definition) is 2. The molecule has 0 radical (unpaired) electrons. The van der Waals surface area contributed by atoms with E-state index in [1.165, 1.54) is 12.4 Å². The fraction of sp³-hybridized carbons (Fsp3) is 0.429. The van der Waals surface area contributed by atoms with Crippen LogP contribution in [0.5, 0.6) is 5.75 Å². The van der Waals surface area contributed by atoms with Gasteiger partial charge in [0.25, 0.3) is 10.0 Å². The summed E-state index contributed by atoms with van der Waals surface area (Å²) < 4.78 is 89.2. The Morgan fingerprint density at radius 1 is 1.23 bits per heavy atom. The molecule has 2 aliphatic heterocycles. The maximum absolute atomic E-state index is 15.2. The van der Waals surface area contributed by atoms with E-state index in [0.29, 0.717) is 17.5 Å². The first-order valence-electron chi connectivity index (χ1n) is 10.8. The van der Waals surface area contributed by atoms with Crippen molar-refractivity contribution in [3.63, 3.8) is 0 Å². The number of fused-ring (bicyclic) bond motifs is 1. The number of alkyl halides is 3. The number of nitrogens with zero attached hydrogens (tertiary/aromatic N) is 3. The fourth-order valence-corrected chi connectivity index (χ4v) is 6.65. The van der Waals surface area contributed by atoms with E-state index in [-0.39, 0.29) is 36.9 Å². The molecule has 0 spiro atoms. The molecule has 1 saturated heterocycles. The zero-order valence-corrected chi connectivity index (χ0v) is 19.8. The minimum Gasteiger partial charge on any atom is -0.493 e. The molecular formula is C21H21F4N5O3S2. The number of anilines is 1. The van der Waals surface area contributed by atoms with Crippen molar-refractivity contribution in [2.75, 3.05) is 17.9 Å². The predicted molar refractivity (Wildman–Crippen MR) is 119 cm³/mol. The lowest BCUT2D eigenvalue weighted by molar-refractivity contribution is -0.192. The third-order valence-electron chi connectivity index (χ3n) is 6.43. The number of halogens is 4. The lowest BCUT2D eigenvalue weighted by Crippen LogP contribution is -2.44. The predicted octanol–water partition coefficient (Wildman–Crippen LogP) is 4.65. The van der Waals surface area contributed by atoms with Crippen LogP contribution in [0.4, 0.5) is 22.7 Å². The number of H-pyrrole nitrogens is 1. The first-order valence-corrected chi connectivity index (χ1v) is 13.2. The number of likely N-dealkylation sites (tertiary alicyclic amines) is 1. The van der Waals surface area contributed by atoms with Gasteiger partial charge in [-0.25, -0.2) is 17.8 Å². The minimum absolute atomic E-state index is 0.0861. The van der Waals surface area contributed by atoms with Crippen molar-refractivity contribution in [2.24, 2.45) is 5.92 Å². The summed E-state index contributed by atoms with van der Waals surface area (Å²) in [6, 6.07) is 1.19. The van der Waals surface area contributed by atoms with Crippen LogP contribution in [0.25, 0.3) is 0 Å². The Labute approximate surface area is 202 Å². The van der Waals surface area contributed by atoms with Gasteiger partial charge in [0.05, 0.1) is 18.7 Å². The average molecular weight is 532 g/mol. The van der Waals surface area contributed by atoms with Crippen LogP contribution in [0.2, 0.25) is 0 Å². The molecule has 4 heterocycles. The van der Waals surface area contributed by atoms with Crippen molar-refractivity contribution in [2.45, 2.75) is 42.4 Å². The van der Waals surface area contributed by atoms with Gasteiger partial charge in [0, 0.05) is 53.5 Å². The maximum atomic E-state index is 15.2. The molecule has 2 N–H and O–H groups in total. The van der Waals surface area contributed by atoms with Gasteiger partial charge >= 0.3 is 6.18 Å². The van der Waals surface area contributed by atoms with Crippen LogP contribution in [-0.4, -0.2) is 47.8 Å². The van der Waals surface area contributed by atoms with Crippen LogP contribution >= 0.6 is 11.3 Å². The maximum Gasteiger partial charge on any atom is 0.391 e. The SMILES string of the molecule is O=S(=O)(Nc1nccs1)c1cc2c(cc1F)[C@H](N1CC[C@@H](C(F)(F)F)C[C@@H]1c1cn[nH]c1)CCO2. The second kappa shape index (κ2) is 9.06. The van der Waals surface area contributed by atoms with Gasteiger partial charge in [-0.3, -0.25) is 14.7 Å². The standard InChI is InChI=1S/C21H21F4N5O3S2/c22-15-8-14-16(30-4-1-13(21(23,24)25)7-17(30)12-10-27-28-11-12)2-5-33-18(14)9-19(15)35(31,32)29-20-26-3-6-34-20/h3,6,8-11,13,16-17H,1-2,4-5,7H2,(H,26,29)(H,27,28)/t13-,16-,17-/m1/s1. The van der Waals surface area contributed by atoms with Crippen molar-refractivity contribution >= 4 is 26.5 Å². The number of nitrogens with one attached hydrogen (secondary N) is 2. The summed E-state index contributed by atoms with van der Waals surface area (Å²) in [6.07, 6.45) is 0.342. The van der Waals surface area contributed by atoms with Gasteiger partial charge in [0.15, 0.2) is 5.13 Å². The lowest BCUT2D eigenvalue weighted by atomic mass is 9.84. The van der Waals surface area contributed by atoms with Crippen LogP contribution < -0.4 is 9.46 Å². The summed E-state index contributed by atoms with van der Waals surface area (Å²) in [4.78, 5) is 5.18. The van der Waals surface area contributed by atoms with Crippen LogP contribution in [0.3, 0.4) is 0 Å². The molecule has 5 rings (SSSR count). The van der Waals surface area contributed by atoms with Gasteiger partial charge in [-0.15, -0.1) is 11.3 Å². The number of hydrogen-bond acceptors (Lipinski definition) is 7.